The Kier molecular flexibility index (Phi) is 4.94. The molecule has 1 aromatic carbocycles. The van der Waals surface area contributed by atoms with E-state index in [-0.39, 0.29) is 29.4 Å². The van der Waals surface area contributed by atoms with Gasteiger partial charge < -0.3 is 10.2 Å². The van der Waals surface area contributed by atoms with Gasteiger partial charge in [0.25, 0.3) is 0 Å². The first-order valence-corrected chi connectivity index (χ1v) is 10.1. The van der Waals surface area contributed by atoms with Gasteiger partial charge in [-0.1, -0.05) is 23.7 Å². The van der Waals surface area contributed by atoms with Crippen LogP contribution in [-0.2, 0) is 14.6 Å². The second-order valence-electron chi connectivity index (χ2n) is 6.34. The summed E-state index contributed by atoms with van der Waals surface area (Å²) in [4.78, 5) is 14.6. The minimum Gasteiger partial charge on any atom is -0.333 e. The Morgan fingerprint density at radius 1 is 1.39 bits per heavy atom. The molecule has 7 heteroatoms. The Hall–Kier alpha value is -1.11. The van der Waals surface area contributed by atoms with Crippen LogP contribution < -0.4 is 5.32 Å². The van der Waals surface area contributed by atoms with Gasteiger partial charge in [0.15, 0.2) is 9.84 Å². The topological polar surface area (TPSA) is 66.5 Å². The van der Waals surface area contributed by atoms with E-state index in [9.17, 15) is 13.2 Å². The van der Waals surface area contributed by atoms with E-state index in [2.05, 4.69) is 5.32 Å². The van der Waals surface area contributed by atoms with Crippen molar-refractivity contribution in [2.75, 3.05) is 31.1 Å². The van der Waals surface area contributed by atoms with Crippen molar-refractivity contribution < 1.29 is 13.2 Å². The molecule has 0 aliphatic carbocycles. The molecule has 23 heavy (non-hydrogen) atoms. The second-order valence-corrected chi connectivity index (χ2v) is 9.00. The zero-order valence-electron chi connectivity index (χ0n) is 12.9. The average Bonchev–Trinajstić information content (AvgIpc) is 2.86. The number of sulfone groups is 1. The lowest BCUT2D eigenvalue weighted by atomic mass is 10.00. The van der Waals surface area contributed by atoms with E-state index in [0.29, 0.717) is 31.0 Å². The number of nitrogens with zero attached hydrogens (tertiary/aromatic N) is 1. The quantitative estimate of drug-likeness (QED) is 0.894. The van der Waals surface area contributed by atoms with Crippen molar-refractivity contribution in [3.05, 3.63) is 34.9 Å². The summed E-state index contributed by atoms with van der Waals surface area (Å²) in [5.74, 6) is 0.359. The molecule has 5 nitrogen and oxygen atoms in total. The molecule has 3 rings (SSSR count). The molecule has 2 aliphatic rings. The lowest BCUT2D eigenvalue weighted by Gasteiger charge is -2.37. The number of benzene rings is 1. The van der Waals surface area contributed by atoms with Gasteiger partial charge in [0.2, 0.25) is 5.91 Å². The molecule has 126 valence electrons. The molecule has 2 aliphatic heterocycles. The number of hydrogen-bond donors (Lipinski definition) is 1. The van der Waals surface area contributed by atoms with Gasteiger partial charge in [0.05, 0.1) is 17.5 Å². The number of halogens is 1. The van der Waals surface area contributed by atoms with E-state index in [1.165, 1.54) is 0 Å². The standard InChI is InChI=1S/C16H21ClN2O3S/c17-14-3-1-2-13(9-14)15-10-18-5-6-19(15)16(20)8-12-4-7-23(21,22)11-12/h1-3,9,12,15,18H,4-8,10-11H2. The highest BCUT2D eigenvalue weighted by Crippen LogP contribution is 2.28. The van der Waals surface area contributed by atoms with Crippen molar-refractivity contribution in [1.29, 1.82) is 0 Å². The van der Waals surface area contributed by atoms with Crippen LogP contribution in [0.3, 0.4) is 0 Å². The molecule has 2 saturated heterocycles. The van der Waals surface area contributed by atoms with Crippen molar-refractivity contribution in [3.8, 4) is 0 Å². The van der Waals surface area contributed by atoms with Gasteiger partial charge in [-0.25, -0.2) is 8.42 Å². The summed E-state index contributed by atoms with van der Waals surface area (Å²) in [6.07, 6.45) is 0.915. The maximum Gasteiger partial charge on any atom is 0.223 e. The molecule has 1 amide bonds. The van der Waals surface area contributed by atoms with E-state index >= 15 is 0 Å². The largest absolute Gasteiger partial charge is 0.333 e. The Morgan fingerprint density at radius 3 is 2.91 bits per heavy atom. The summed E-state index contributed by atoms with van der Waals surface area (Å²) in [6.45, 7) is 2.08. The SMILES string of the molecule is O=C(CC1CCS(=O)(=O)C1)N1CCNCC1c1cccc(Cl)c1. The normalized spacial score (nSPS) is 27.1. The fourth-order valence-corrected chi connectivity index (χ4v) is 5.47. The Balaban J connectivity index is 1.72. The first-order chi connectivity index (χ1) is 10.9. The summed E-state index contributed by atoms with van der Waals surface area (Å²) in [7, 11) is -2.94. The molecule has 2 atom stereocenters. The van der Waals surface area contributed by atoms with Crippen LogP contribution in [0, 0.1) is 5.92 Å². The number of carbonyl (C=O) groups excluding carboxylic acids is 1. The van der Waals surface area contributed by atoms with Gasteiger partial charge in [-0.15, -0.1) is 0 Å². The van der Waals surface area contributed by atoms with Gasteiger partial charge in [-0.2, -0.15) is 0 Å². The number of carbonyl (C=O) groups is 1. The Morgan fingerprint density at radius 2 is 2.22 bits per heavy atom. The van der Waals surface area contributed by atoms with Gasteiger partial charge in [0, 0.05) is 31.1 Å². The molecule has 0 radical (unpaired) electrons. The van der Waals surface area contributed by atoms with Crippen molar-refractivity contribution in [2.24, 2.45) is 5.92 Å². The van der Waals surface area contributed by atoms with Crippen molar-refractivity contribution in [1.82, 2.24) is 10.2 Å². The highest BCUT2D eigenvalue weighted by atomic mass is 35.5. The predicted octanol–water partition coefficient (Wildman–Crippen LogP) is 1.64. The van der Waals surface area contributed by atoms with Crippen molar-refractivity contribution in [3.63, 3.8) is 0 Å². The predicted molar refractivity (Wildman–Crippen MR) is 90.2 cm³/mol. The zero-order chi connectivity index (χ0) is 16.4. The van der Waals surface area contributed by atoms with Crippen LogP contribution in [0.2, 0.25) is 5.02 Å². The number of piperazine rings is 1. The maximum atomic E-state index is 12.7. The molecular formula is C16H21ClN2O3S. The lowest BCUT2D eigenvalue weighted by molar-refractivity contribution is -0.135. The fourth-order valence-electron chi connectivity index (χ4n) is 3.41. The molecular weight excluding hydrogens is 336 g/mol. The lowest BCUT2D eigenvalue weighted by Crippen LogP contribution is -2.49. The summed E-state index contributed by atoms with van der Waals surface area (Å²) >= 11 is 6.07. The summed E-state index contributed by atoms with van der Waals surface area (Å²) in [5.41, 5.74) is 1.01. The van der Waals surface area contributed by atoms with Crippen molar-refractivity contribution >= 4 is 27.3 Å². The third-order valence-corrected chi connectivity index (χ3v) is 6.66. The van der Waals surface area contributed by atoms with Crippen LogP contribution in [0.25, 0.3) is 0 Å². The van der Waals surface area contributed by atoms with E-state index < -0.39 is 9.84 Å². The maximum absolute atomic E-state index is 12.7. The van der Waals surface area contributed by atoms with Crippen LogP contribution in [0.15, 0.2) is 24.3 Å². The van der Waals surface area contributed by atoms with Crippen LogP contribution in [-0.4, -0.2) is 50.4 Å². The van der Waals surface area contributed by atoms with Crippen molar-refractivity contribution in [2.45, 2.75) is 18.9 Å². The molecule has 1 N–H and O–H groups in total. The van der Waals surface area contributed by atoms with Gasteiger partial charge >= 0.3 is 0 Å². The molecule has 2 unspecified atom stereocenters. The Bertz CT molecular complexity index is 692. The number of rotatable bonds is 3. The molecule has 0 saturated carbocycles. The molecule has 2 fully saturated rings. The summed E-state index contributed by atoms with van der Waals surface area (Å²) < 4.78 is 23.1. The van der Waals surface area contributed by atoms with E-state index in [4.69, 9.17) is 11.6 Å². The smallest absolute Gasteiger partial charge is 0.223 e. The molecule has 2 heterocycles. The second kappa shape index (κ2) is 6.79. The number of hydrogen-bond acceptors (Lipinski definition) is 4. The van der Waals surface area contributed by atoms with Gasteiger partial charge in [0.1, 0.15) is 0 Å². The number of amides is 1. The first-order valence-electron chi connectivity index (χ1n) is 7.91. The molecule has 1 aromatic rings. The highest BCUT2D eigenvalue weighted by Gasteiger charge is 2.33. The fraction of sp³-hybridized carbons (Fsp3) is 0.562. The van der Waals surface area contributed by atoms with Crippen LogP contribution >= 0.6 is 11.6 Å². The molecule has 0 spiro atoms. The Labute approximate surface area is 141 Å². The third-order valence-electron chi connectivity index (χ3n) is 4.59. The van der Waals surface area contributed by atoms with Gasteiger partial charge in [-0.3, -0.25) is 4.79 Å². The van der Waals surface area contributed by atoms with E-state index in [1.807, 2.05) is 29.2 Å². The van der Waals surface area contributed by atoms with Crippen LogP contribution in [0.4, 0.5) is 0 Å². The minimum absolute atomic E-state index is 0.0394. The highest BCUT2D eigenvalue weighted by molar-refractivity contribution is 7.91. The van der Waals surface area contributed by atoms with Crippen LogP contribution in [0.5, 0.6) is 0 Å². The summed E-state index contributed by atoms with van der Waals surface area (Å²) in [5, 5.41) is 3.97. The zero-order valence-corrected chi connectivity index (χ0v) is 14.4. The molecule has 0 aromatic heterocycles. The minimum atomic E-state index is -2.94. The van der Waals surface area contributed by atoms with E-state index in [1.54, 1.807) is 0 Å². The third kappa shape index (κ3) is 4.05. The van der Waals surface area contributed by atoms with E-state index in [0.717, 1.165) is 12.1 Å². The average molecular weight is 357 g/mol. The van der Waals surface area contributed by atoms with Crippen LogP contribution in [0.1, 0.15) is 24.4 Å². The number of nitrogens with one attached hydrogen (secondary N) is 1. The summed E-state index contributed by atoms with van der Waals surface area (Å²) in [6, 6.07) is 7.52. The molecule has 0 bridgehead atoms. The first kappa shape index (κ1) is 16.7. The monoisotopic (exact) mass is 356 g/mol. The van der Waals surface area contributed by atoms with Gasteiger partial charge in [-0.05, 0) is 30.0 Å².